The van der Waals surface area contributed by atoms with Crippen LogP contribution >= 0.6 is 15.9 Å². The van der Waals surface area contributed by atoms with Crippen LogP contribution in [-0.2, 0) is 0 Å². The summed E-state index contributed by atoms with van der Waals surface area (Å²) in [5.74, 6) is 0. The van der Waals surface area contributed by atoms with E-state index in [2.05, 4.69) is 47.1 Å². The summed E-state index contributed by atoms with van der Waals surface area (Å²) in [5, 5.41) is 1.16. The fraction of sp³-hybridized carbons (Fsp3) is 0.0667. The van der Waals surface area contributed by atoms with Crippen molar-refractivity contribution in [2.24, 2.45) is 0 Å². The third-order valence-electron chi connectivity index (χ3n) is 2.96. The number of furan rings is 1. The van der Waals surface area contributed by atoms with Gasteiger partial charge in [0.25, 0.3) is 0 Å². The maximum absolute atomic E-state index is 5.58. The van der Waals surface area contributed by atoms with E-state index < -0.39 is 0 Å². The Kier molecular flexibility index (Phi) is 2.52. The lowest BCUT2D eigenvalue weighted by Crippen LogP contribution is -1.81. The first-order valence-electron chi connectivity index (χ1n) is 5.48. The molecule has 0 aliphatic carbocycles. The molecule has 0 saturated heterocycles. The molecular formula is C15H11BrO. The average molecular weight is 287 g/mol. The molecular weight excluding hydrogens is 276 g/mol. The standard InChI is InChI=1S/C15H11BrO/c1-10-8-11(16)6-7-12(10)14-9-17-15-5-3-2-4-13(14)15/h2-9H,1H3. The van der Waals surface area contributed by atoms with Gasteiger partial charge in [0.1, 0.15) is 5.58 Å². The molecule has 3 aromatic rings. The van der Waals surface area contributed by atoms with Crippen LogP contribution in [0, 0.1) is 6.92 Å². The highest BCUT2D eigenvalue weighted by Crippen LogP contribution is 2.33. The third kappa shape index (κ3) is 1.79. The second kappa shape index (κ2) is 4.04. The van der Waals surface area contributed by atoms with Crippen LogP contribution in [0.1, 0.15) is 5.56 Å². The molecule has 17 heavy (non-hydrogen) atoms. The van der Waals surface area contributed by atoms with E-state index in [0.29, 0.717) is 0 Å². The minimum atomic E-state index is 0.935. The number of rotatable bonds is 1. The second-order valence-corrected chi connectivity index (χ2v) is 5.02. The van der Waals surface area contributed by atoms with Crippen LogP contribution < -0.4 is 0 Å². The van der Waals surface area contributed by atoms with Gasteiger partial charge in [-0.05, 0) is 36.2 Å². The summed E-state index contributed by atoms with van der Waals surface area (Å²) < 4.78 is 6.68. The van der Waals surface area contributed by atoms with E-state index >= 15 is 0 Å². The molecule has 0 fully saturated rings. The van der Waals surface area contributed by atoms with E-state index in [9.17, 15) is 0 Å². The van der Waals surface area contributed by atoms with Crippen LogP contribution in [0.25, 0.3) is 22.1 Å². The van der Waals surface area contributed by atoms with Crippen LogP contribution in [0.2, 0.25) is 0 Å². The van der Waals surface area contributed by atoms with Crippen molar-refractivity contribution >= 4 is 26.9 Å². The minimum absolute atomic E-state index is 0.935. The first kappa shape index (κ1) is 10.6. The number of aryl methyl sites for hydroxylation is 1. The van der Waals surface area contributed by atoms with Crippen molar-refractivity contribution in [2.75, 3.05) is 0 Å². The van der Waals surface area contributed by atoms with Gasteiger partial charge in [-0.1, -0.05) is 40.2 Å². The van der Waals surface area contributed by atoms with Gasteiger partial charge in [-0.15, -0.1) is 0 Å². The maximum Gasteiger partial charge on any atom is 0.134 e. The molecule has 0 aliphatic heterocycles. The second-order valence-electron chi connectivity index (χ2n) is 4.10. The van der Waals surface area contributed by atoms with Crippen molar-refractivity contribution in [2.45, 2.75) is 6.92 Å². The third-order valence-corrected chi connectivity index (χ3v) is 3.45. The number of hydrogen-bond acceptors (Lipinski definition) is 1. The largest absolute Gasteiger partial charge is 0.464 e. The van der Waals surface area contributed by atoms with Gasteiger partial charge in [-0.25, -0.2) is 0 Å². The van der Waals surface area contributed by atoms with Crippen molar-refractivity contribution in [3.8, 4) is 11.1 Å². The van der Waals surface area contributed by atoms with E-state index in [0.717, 1.165) is 21.0 Å². The highest BCUT2D eigenvalue weighted by molar-refractivity contribution is 9.10. The van der Waals surface area contributed by atoms with E-state index in [-0.39, 0.29) is 0 Å². The molecule has 0 amide bonds. The summed E-state index contributed by atoms with van der Waals surface area (Å²) in [6.07, 6.45) is 1.83. The smallest absolute Gasteiger partial charge is 0.134 e. The summed E-state index contributed by atoms with van der Waals surface area (Å²) in [6.45, 7) is 2.11. The molecule has 0 radical (unpaired) electrons. The Balaban J connectivity index is 2.27. The first-order valence-corrected chi connectivity index (χ1v) is 6.28. The van der Waals surface area contributed by atoms with Crippen LogP contribution in [-0.4, -0.2) is 0 Å². The topological polar surface area (TPSA) is 13.1 Å². The Morgan fingerprint density at radius 3 is 2.65 bits per heavy atom. The predicted octanol–water partition coefficient (Wildman–Crippen LogP) is 5.17. The molecule has 2 heteroatoms. The lowest BCUT2D eigenvalue weighted by molar-refractivity contribution is 0.617. The molecule has 2 aromatic carbocycles. The first-order chi connectivity index (χ1) is 8.25. The molecule has 0 atom stereocenters. The average Bonchev–Trinajstić information content (AvgIpc) is 2.73. The number of fused-ring (bicyclic) bond motifs is 1. The molecule has 3 rings (SSSR count). The lowest BCUT2D eigenvalue weighted by atomic mass is 10.0. The van der Waals surface area contributed by atoms with Crippen LogP contribution in [0.4, 0.5) is 0 Å². The summed E-state index contributed by atoms with van der Waals surface area (Å²) in [5.41, 5.74) is 4.56. The Bertz CT molecular complexity index is 682. The molecule has 0 N–H and O–H groups in total. The Labute approximate surface area is 108 Å². The molecule has 84 valence electrons. The van der Waals surface area contributed by atoms with Gasteiger partial charge in [-0.2, -0.15) is 0 Å². The molecule has 0 saturated carbocycles. The van der Waals surface area contributed by atoms with Gasteiger partial charge >= 0.3 is 0 Å². The van der Waals surface area contributed by atoms with Crippen molar-refractivity contribution < 1.29 is 4.42 Å². The van der Waals surface area contributed by atoms with Crippen molar-refractivity contribution in [1.82, 2.24) is 0 Å². The van der Waals surface area contributed by atoms with Crippen molar-refractivity contribution in [3.63, 3.8) is 0 Å². The molecule has 0 spiro atoms. The molecule has 1 heterocycles. The Morgan fingerprint density at radius 1 is 1.00 bits per heavy atom. The van der Waals surface area contributed by atoms with Crippen molar-refractivity contribution in [1.29, 1.82) is 0 Å². The van der Waals surface area contributed by atoms with Gasteiger partial charge in [-0.3, -0.25) is 0 Å². The van der Waals surface area contributed by atoms with Crippen LogP contribution in [0.15, 0.2) is 57.6 Å². The van der Waals surface area contributed by atoms with E-state index in [1.54, 1.807) is 0 Å². The SMILES string of the molecule is Cc1cc(Br)ccc1-c1coc2ccccc12. The fourth-order valence-corrected chi connectivity index (χ4v) is 2.59. The summed E-state index contributed by atoms with van der Waals surface area (Å²) >= 11 is 3.49. The molecule has 0 aliphatic rings. The summed E-state index contributed by atoms with van der Waals surface area (Å²) in [7, 11) is 0. The van der Waals surface area contributed by atoms with E-state index in [1.807, 2.05) is 24.5 Å². The zero-order chi connectivity index (χ0) is 11.8. The Morgan fingerprint density at radius 2 is 1.82 bits per heavy atom. The van der Waals surface area contributed by atoms with Gasteiger partial charge < -0.3 is 4.42 Å². The van der Waals surface area contributed by atoms with Crippen LogP contribution in [0.5, 0.6) is 0 Å². The zero-order valence-corrected chi connectivity index (χ0v) is 11.0. The highest BCUT2D eigenvalue weighted by Gasteiger charge is 2.09. The number of halogens is 1. The molecule has 1 nitrogen and oxygen atoms in total. The highest BCUT2D eigenvalue weighted by atomic mass is 79.9. The maximum atomic E-state index is 5.58. The van der Waals surface area contributed by atoms with Crippen molar-refractivity contribution in [3.05, 3.63) is 58.8 Å². The molecule has 1 aromatic heterocycles. The fourth-order valence-electron chi connectivity index (χ4n) is 2.12. The number of hydrogen-bond donors (Lipinski definition) is 0. The predicted molar refractivity (Wildman–Crippen MR) is 74.1 cm³/mol. The molecule has 0 unspecified atom stereocenters. The quantitative estimate of drug-likeness (QED) is 0.601. The van der Waals surface area contributed by atoms with Gasteiger partial charge in [0, 0.05) is 15.4 Å². The molecule has 0 bridgehead atoms. The van der Waals surface area contributed by atoms with Gasteiger partial charge in [0.15, 0.2) is 0 Å². The minimum Gasteiger partial charge on any atom is -0.464 e. The summed E-state index contributed by atoms with van der Waals surface area (Å²) in [6, 6.07) is 14.4. The van der Waals surface area contributed by atoms with Gasteiger partial charge in [0.05, 0.1) is 6.26 Å². The normalized spacial score (nSPS) is 10.9. The Hall–Kier alpha value is -1.54. The van der Waals surface area contributed by atoms with E-state index in [4.69, 9.17) is 4.42 Å². The monoisotopic (exact) mass is 286 g/mol. The van der Waals surface area contributed by atoms with Crippen LogP contribution in [0.3, 0.4) is 0 Å². The van der Waals surface area contributed by atoms with E-state index in [1.165, 1.54) is 11.1 Å². The lowest BCUT2D eigenvalue weighted by Gasteiger charge is -2.04. The zero-order valence-electron chi connectivity index (χ0n) is 9.41. The number of benzene rings is 2. The number of para-hydroxylation sites is 1. The van der Waals surface area contributed by atoms with Gasteiger partial charge in [0.2, 0.25) is 0 Å². The summed E-state index contributed by atoms with van der Waals surface area (Å²) in [4.78, 5) is 0.